The Morgan fingerprint density at radius 1 is 0.958 bits per heavy atom. The van der Waals surface area contributed by atoms with Crippen LogP contribution >= 0.6 is 0 Å². The molecule has 4 rings (SSSR count). The van der Waals surface area contributed by atoms with E-state index in [0.717, 1.165) is 30.1 Å². The molecule has 0 radical (unpaired) electrons. The molecule has 4 heteroatoms. The molecule has 1 fully saturated rings. The van der Waals surface area contributed by atoms with Crippen molar-refractivity contribution in [2.45, 2.75) is 31.6 Å². The fourth-order valence-electron chi connectivity index (χ4n) is 3.73. The van der Waals surface area contributed by atoms with Crippen LogP contribution in [0, 0.1) is 11.7 Å². The van der Waals surface area contributed by atoms with Crippen LogP contribution in [0.1, 0.15) is 37.2 Å². The van der Waals surface area contributed by atoms with Gasteiger partial charge in [-0.1, -0.05) is 25.0 Å². The van der Waals surface area contributed by atoms with Gasteiger partial charge < -0.3 is 14.2 Å². The second-order valence-electron chi connectivity index (χ2n) is 6.53. The molecule has 3 nitrogen and oxygen atoms in total. The van der Waals surface area contributed by atoms with E-state index >= 15 is 0 Å². The molecule has 0 aromatic heterocycles. The van der Waals surface area contributed by atoms with Gasteiger partial charge in [-0.05, 0) is 54.5 Å². The lowest BCUT2D eigenvalue weighted by Gasteiger charge is -2.31. The van der Waals surface area contributed by atoms with Crippen molar-refractivity contribution in [1.82, 2.24) is 0 Å². The summed E-state index contributed by atoms with van der Waals surface area (Å²) < 4.78 is 29.9. The number of hydrogen-bond donors (Lipinski definition) is 0. The van der Waals surface area contributed by atoms with E-state index in [4.69, 9.17) is 14.2 Å². The quantitative estimate of drug-likeness (QED) is 0.798. The summed E-state index contributed by atoms with van der Waals surface area (Å²) in [5, 5.41) is 0. The van der Waals surface area contributed by atoms with E-state index in [2.05, 4.69) is 0 Å². The topological polar surface area (TPSA) is 27.7 Å². The van der Waals surface area contributed by atoms with E-state index in [-0.39, 0.29) is 12.6 Å². The lowest BCUT2D eigenvalue weighted by molar-refractivity contribution is 0.173. The molecule has 0 spiro atoms. The first-order valence-electron chi connectivity index (χ1n) is 8.57. The van der Waals surface area contributed by atoms with Crippen molar-refractivity contribution in [3.05, 3.63) is 53.8 Å². The van der Waals surface area contributed by atoms with E-state index in [0.29, 0.717) is 18.4 Å². The number of ether oxygens (including phenoxy) is 3. The SMILES string of the molecule is Fc1ccc([C@@H]2CCCC[C@H]2COc2ccc3c(c2)OCO3)cc1. The van der Waals surface area contributed by atoms with Gasteiger partial charge in [-0.3, -0.25) is 0 Å². The first-order chi connectivity index (χ1) is 11.8. The third-order valence-electron chi connectivity index (χ3n) is 5.02. The smallest absolute Gasteiger partial charge is 0.231 e. The zero-order valence-electron chi connectivity index (χ0n) is 13.5. The minimum Gasteiger partial charge on any atom is -0.493 e. The van der Waals surface area contributed by atoms with Crippen LogP contribution in [0.2, 0.25) is 0 Å². The molecule has 1 aliphatic carbocycles. The lowest BCUT2D eigenvalue weighted by atomic mass is 9.76. The third kappa shape index (κ3) is 3.18. The summed E-state index contributed by atoms with van der Waals surface area (Å²) in [5.74, 6) is 3.03. The Bertz CT molecular complexity index is 699. The highest BCUT2D eigenvalue weighted by molar-refractivity contribution is 5.46. The first-order valence-corrected chi connectivity index (χ1v) is 8.57. The maximum atomic E-state index is 13.2. The van der Waals surface area contributed by atoms with Crippen LogP contribution in [-0.2, 0) is 0 Å². The molecule has 2 aromatic rings. The van der Waals surface area contributed by atoms with Gasteiger partial charge in [0, 0.05) is 6.07 Å². The fraction of sp³-hybridized carbons (Fsp3) is 0.400. The van der Waals surface area contributed by atoms with E-state index in [1.54, 1.807) is 12.1 Å². The maximum Gasteiger partial charge on any atom is 0.231 e. The Morgan fingerprint density at radius 3 is 2.62 bits per heavy atom. The predicted octanol–water partition coefficient (Wildman–Crippen LogP) is 4.91. The molecule has 2 aliphatic rings. The van der Waals surface area contributed by atoms with Crippen molar-refractivity contribution in [1.29, 1.82) is 0 Å². The number of benzene rings is 2. The van der Waals surface area contributed by atoms with Crippen molar-refractivity contribution in [2.75, 3.05) is 13.4 Å². The molecule has 0 bridgehead atoms. The van der Waals surface area contributed by atoms with Crippen molar-refractivity contribution in [3.8, 4) is 17.2 Å². The van der Waals surface area contributed by atoms with Crippen LogP contribution in [0.3, 0.4) is 0 Å². The van der Waals surface area contributed by atoms with Gasteiger partial charge in [0.25, 0.3) is 0 Å². The molecule has 0 amide bonds. The zero-order valence-corrected chi connectivity index (χ0v) is 13.5. The van der Waals surface area contributed by atoms with Gasteiger partial charge in [-0.2, -0.15) is 0 Å². The van der Waals surface area contributed by atoms with Crippen LogP contribution in [0.4, 0.5) is 4.39 Å². The summed E-state index contributed by atoms with van der Waals surface area (Å²) in [6.45, 7) is 0.940. The van der Waals surface area contributed by atoms with Gasteiger partial charge in [0.15, 0.2) is 11.5 Å². The minimum absolute atomic E-state index is 0.178. The van der Waals surface area contributed by atoms with Crippen LogP contribution < -0.4 is 14.2 Å². The lowest BCUT2D eigenvalue weighted by Crippen LogP contribution is -2.24. The molecule has 1 aliphatic heterocycles. The molecule has 24 heavy (non-hydrogen) atoms. The number of fused-ring (bicyclic) bond motifs is 1. The summed E-state index contributed by atoms with van der Waals surface area (Å²) in [4.78, 5) is 0. The summed E-state index contributed by atoms with van der Waals surface area (Å²) in [6, 6.07) is 12.6. The average Bonchev–Trinajstić information content (AvgIpc) is 3.09. The van der Waals surface area contributed by atoms with Crippen LogP contribution in [0.5, 0.6) is 17.2 Å². The third-order valence-corrected chi connectivity index (χ3v) is 5.02. The molecule has 2 aromatic carbocycles. The second-order valence-corrected chi connectivity index (χ2v) is 6.53. The zero-order chi connectivity index (χ0) is 16.4. The maximum absolute atomic E-state index is 13.2. The molecular formula is C20H21FO3. The molecule has 2 atom stereocenters. The van der Waals surface area contributed by atoms with Crippen LogP contribution in [0.25, 0.3) is 0 Å². The first kappa shape index (κ1) is 15.3. The molecule has 0 N–H and O–H groups in total. The normalized spacial score (nSPS) is 22.4. The summed E-state index contributed by atoms with van der Waals surface area (Å²) in [5.41, 5.74) is 1.22. The Balaban J connectivity index is 1.44. The highest BCUT2D eigenvalue weighted by Gasteiger charge is 2.27. The van der Waals surface area contributed by atoms with Crippen molar-refractivity contribution >= 4 is 0 Å². The van der Waals surface area contributed by atoms with Gasteiger partial charge in [0.2, 0.25) is 6.79 Å². The molecule has 0 unspecified atom stereocenters. The summed E-state index contributed by atoms with van der Waals surface area (Å²) in [6.07, 6.45) is 4.74. The molecule has 1 heterocycles. The molecule has 126 valence electrons. The van der Waals surface area contributed by atoms with Gasteiger partial charge in [-0.15, -0.1) is 0 Å². The largest absolute Gasteiger partial charge is 0.493 e. The summed E-state index contributed by atoms with van der Waals surface area (Å²) >= 11 is 0. The van der Waals surface area contributed by atoms with E-state index in [1.807, 2.05) is 30.3 Å². The van der Waals surface area contributed by atoms with E-state index < -0.39 is 0 Å². The second kappa shape index (κ2) is 6.71. The number of hydrogen-bond acceptors (Lipinski definition) is 3. The molecule has 0 saturated heterocycles. The average molecular weight is 328 g/mol. The number of rotatable bonds is 4. The van der Waals surface area contributed by atoms with Crippen LogP contribution in [-0.4, -0.2) is 13.4 Å². The fourth-order valence-corrected chi connectivity index (χ4v) is 3.73. The van der Waals surface area contributed by atoms with Crippen molar-refractivity contribution in [2.24, 2.45) is 5.92 Å². The Kier molecular flexibility index (Phi) is 4.28. The van der Waals surface area contributed by atoms with Gasteiger partial charge in [-0.25, -0.2) is 4.39 Å². The van der Waals surface area contributed by atoms with Crippen LogP contribution in [0.15, 0.2) is 42.5 Å². The highest BCUT2D eigenvalue weighted by atomic mass is 19.1. The monoisotopic (exact) mass is 328 g/mol. The number of halogens is 1. The van der Waals surface area contributed by atoms with Gasteiger partial charge >= 0.3 is 0 Å². The van der Waals surface area contributed by atoms with Gasteiger partial charge in [0.1, 0.15) is 11.6 Å². The Labute approximate surface area is 141 Å². The van der Waals surface area contributed by atoms with Gasteiger partial charge in [0.05, 0.1) is 6.61 Å². The van der Waals surface area contributed by atoms with Crippen molar-refractivity contribution in [3.63, 3.8) is 0 Å². The minimum atomic E-state index is -0.178. The predicted molar refractivity (Wildman–Crippen MR) is 89.2 cm³/mol. The Hall–Kier alpha value is -2.23. The standard InChI is InChI=1S/C20H21FO3/c21-16-7-5-14(6-8-16)18-4-2-1-3-15(18)12-22-17-9-10-19-20(11-17)24-13-23-19/h5-11,15,18H,1-4,12-13H2/t15-,18-/m0/s1. The van der Waals surface area contributed by atoms with E-state index in [9.17, 15) is 4.39 Å². The van der Waals surface area contributed by atoms with E-state index in [1.165, 1.54) is 18.4 Å². The summed E-state index contributed by atoms with van der Waals surface area (Å²) in [7, 11) is 0. The molecular weight excluding hydrogens is 307 g/mol. The molecule has 1 saturated carbocycles. The highest BCUT2D eigenvalue weighted by Crippen LogP contribution is 2.39. The Morgan fingerprint density at radius 2 is 1.75 bits per heavy atom. The van der Waals surface area contributed by atoms with Crippen molar-refractivity contribution < 1.29 is 18.6 Å².